The predicted molar refractivity (Wildman–Crippen MR) is 42.7 cm³/mol. The minimum atomic E-state index is 0.0671. The zero-order valence-electron chi connectivity index (χ0n) is 7.09. The Kier molecular flexibility index (Phi) is 3.77. The summed E-state index contributed by atoms with van der Waals surface area (Å²) in [4.78, 5) is 12.7. The molecule has 0 aromatic heterocycles. The highest BCUT2D eigenvalue weighted by Gasteiger charge is 2.06. The second-order valence-corrected chi connectivity index (χ2v) is 2.54. The smallest absolute Gasteiger partial charge is 0.246 e. The molecule has 58 valence electrons. The van der Waals surface area contributed by atoms with Crippen LogP contribution in [-0.4, -0.2) is 23.9 Å². The Labute approximate surface area is 62.5 Å². The monoisotopic (exact) mass is 141 g/mol. The third-order valence-corrected chi connectivity index (χ3v) is 1.43. The van der Waals surface area contributed by atoms with E-state index >= 15 is 0 Å². The molecule has 0 aliphatic heterocycles. The molecular formula is C8H15NO. The van der Waals surface area contributed by atoms with Crippen molar-refractivity contribution in [2.24, 2.45) is 0 Å². The molecule has 0 fully saturated rings. The van der Waals surface area contributed by atoms with Crippen molar-refractivity contribution in [1.29, 1.82) is 0 Å². The summed E-state index contributed by atoms with van der Waals surface area (Å²) in [6.45, 7) is 5.81. The minimum Gasteiger partial charge on any atom is -0.340 e. The first-order valence-electron chi connectivity index (χ1n) is 3.49. The van der Waals surface area contributed by atoms with E-state index in [2.05, 4.69) is 0 Å². The van der Waals surface area contributed by atoms with Gasteiger partial charge in [-0.1, -0.05) is 6.08 Å². The summed E-state index contributed by atoms with van der Waals surface area (Å²) in [7, 11) is 1.80. The maximum absolute atomic E-state index is 11.0. The molecule has 0 aromatic carbocycles. The van der Waals surface area contributed by atoms with E-state index in [0.29, 0.717) is 0 Å². The van der Waals surface area contributed by atoms with Crippen molar-refractivity contribution in [1.82, 2.24) is 4.90 Å². The lowest BCUT2D eigenvalue weighted by Gasteiger charge is -2.19. The molecule has 0 bridgehead atoms. The minimum absolute atomic E-state index is 0.0671. The zero-order valence-corrected chi connectivity index (χ0v) is 7.09. The van der Waals surface area contributed by atoms with E-state index < -0.39 is 0 Å². The number of carbonyl (C=O) groups is 1. The van der Waals surface area contributed by atoms with Crippen LogP contribution in [0, 0.1) is 0 Å². The molecule has 0 rings (SSSR count). The first-order valence-corrected chi connectivity index (χ1v) is 3.49. The van der Waals surface area contributed by atoms with Crippen LogP contribution in [0.1, 0.15) is 20.8 Å². The topological polar surface area (TPSA) is 20.3 Å². The number of amides is 1. The summed E-state index contributed by atoms with van der Waals surface area (Å²) in [6.07, 6.45) is 3.32. The zero-order chi connectivity index (χ0) is 8.15. The number of likely N-dealkylation sites (N-methyl/N-ethyl adjacent to an activating group) is 1. The van der Waals surface area contributed by atoms with Crippen LogP contribution in [0.15, 0.2) is 12.2 Å². The van der Waals surface area contributed by atoms with Gasteiger partial charge in [-0.3, -0.25) is 4.79 Å². The first kappa shape index (κ1) is 9.21. The largest absolute Gasteiger partial charge is 0.340 e. The summed E-state index contributed by atoms with van der Waals surface area (Å²) in [5.74, 6) is 0.0671. The van der Waals surface area contributed by atoms with Gasteiger partial charge in [-0.05, 0) is 26.8 Å². The number of hydrogen-bond donors (Lipinski definition) is 0. The van der Waals surface area contributed by atoms with Crippen molar-refractivity contribution < 1.29 is 4.79 Å². The molecule has 10 heavy (non-hydrogen) atoms. The number of allylic oxidation sites excluding steroid dienone is 1. The van der Waals surface area contributed by atoms with Gasteiger partial charge in [0.1, 0.15) is 0 Å². The molecule has 0 saturated carbocycles. The molecular weight excluding hydrogens is 126 g/mol. The van der Waals surface area contributed by atoms with Crippen LogP contribution in [-0.2, 0) is 4.79 Å². The highest BCUT2D eigenvalue weighted by molar-refractivity contribution is 5.87. The van der Waals surface area contributed by atoms with Crippen molar-refractivity contribution >= 4 is 5.91 Å². The molecule has 0 aromatic rings. The fraction of sp³-hybridized carbons (Fsp3) is 0.625. The van der Waals surface area contributed by atoms with Gasteiger partial charge in [-0.15, -0.1) is 0 Å². The SMILES string of the molecule is CC=CC(=O)N(C)C(C)C. The molecule has 0 unspecified atom stereocenters. The van der Waals surface area contributed by atoms with Gasteiger partial charge >= 0.3 is 0 Å². The number of rotatable bonds is 2. The maximum Gasteiger partial charge on any atom is 0.246 e. The Bertz CT molecular complexity index is 138. The van der Waals surface area contributed by atoms with Gasteiger partial charge in [0, 0.05) is 13.1 Å². The highest BCUT2D eigenvalue weighted by Crippen LogP contribution is 1.94. The van der Waals surface area contributed by atoms with Crippen molar-refractivity contribution in [3.05, 3.63) is 12.2 Å². The van der Waals surface area contributed by atoms with Gasteiger partial charge in [0.2, 0.25) is 5.91 Å². The summed E-state index contributed by atoms with van der Waals surface area (Å²) < 4.78 is 0. The lowest BCUT2D eigenvalue weighted by molar-refractivity contribution is -0.126. The van der Waals surface area contributed by atoms with Crippen molar-refractivity contribution in [3.8, 4) is 0 Å². The molecule has 0 atom stereocenters. The molecule has 1 amide bonds. The lowest BCUT2D eigenvalue weighted by Crippen LogP contribution is -2.31. The van der Waals surface area contributed by atoms with Gasteiger partial charge in [0.05, 0.1) is 0 Å². The average molecular weight is 141 g/mol. The fourth-order valence-electron chi connectivity index (χ4n) is 0.515. The van der Waals surface area contributed by atoms with Crippen LogP contribution in [0.2, 0.25) is 0 Å². The fourth-order valence-corrected chi connectivity index (χ4v) is 0.515. The van der Waals surface area contributed by atoms with Gasteiger partial charge in [-0.25, -0.2) is 0 Å². The van der Waals surface area contributed by atoms with Crippen molar-refractivity contribution in [2.75, 3.05) is 7.05 Å². The van der Waals surface area contributed by atoms with E-state index in [1.807, 2.05) is 20.8 Å². The average Bonchev–Trinajstić information content (AvgIpc) is 1.87. The molecule has 0 heterocycles. The van der Waals surface area contributed by atoms with Crippen LogP contribution >= 0.6 is 0 Å². The van der Waals surface area contributed by atoms with Crippen LogP contribution < -0.4 is 0 Å². The summed E-state index contributed by atoms with van der Waals surface area (Å²) in [5, 5.41) is 0. The third kappa shape index (κ3) is 2.67. The number of hydrogen-bond acceptors (Lipinski definition) is 1. The molecule has 0 radical (unpaired) electrons. The van der Waals surface area contributed by atoms with E-state index in [4.69, 9.17) is 0 Å². The van der Waals surface area contributed by atoms with E-state index in [0.717, 1.165) is 0 Å². The molecule has 2 heteroatoms. The molecule has 0 spiro atoms. The standard InChI is InChI=1S/C8H15NO/c1-5-6-8(10)9(4)7(2)3/h5-7H,1-4H3. The summed E-state index contributed by atoms with van der Waals surface area (Å²) in [6, 6.07) is 0.281. The lowest BCUT2D eigenvalue weighted by atomic mass is 10.3. The Hall–Kier alpha value is -0.790. The van der Waals surface area contributed by atoms with E-state index in [1.54, 1.807) is 24.1 Å². The molecule has 0 saturated heterocycles. The Morgan fingerprint density at radius 2 is 2.00 bits per heavy atom. The molecule has 0 aliphatic rings. The van der Waals surface area contributed by atoms with Crippen LogP contribution in [0.4, 0.5) is 0 Å². The second-order valence-electron chi connectivity index (χ2n) is 2.54. The summed E-state index contributed by atoms with van der Waals surface area (Å²) >= 11 is 0. The van der Waals surface area contributed by atoms with Gasteiger partial charge in [0.15, 0.2) is 0 Å². The quantitative estimate of drug-likeness (QED) is 0.533. The van der Waals surface area contributed by atoms with Gasteiger partial charge in [-0.2, -0.15) is 0 Å². The number of carbonyl (C=O) groups excluding carboxylic acids is 1. The Morgan fingerprint density at radius 1 is 1.50 bits per heavy atom. The van der Waals surface area contributed by atoms with E-state index in [9.17, 15) is 4.79 Å². The number of nitrogens with zero attached hydrogens (tertiary/aromatic N) is 1. The molecule has 2 nitrogen and oxygen atoms in total. The van der Waals surface area contributed by atoms with Crippen molar-refractivity contribution in [2.45, 2.75) is 26.8 Å². The molecule has 0 aliphatic carbocycles. The predicted octanol–water partition coefficient (Wildman–Crippen LogP) is 1.43. The van der Waals surface area contributed by atoms with Crippen molar-refractivity contribution in [3.63, 3.8) is 0 Å². The van der Waals surface area contributed by atoms with Gasteiger partial charge in [0.25, 0.3) is 0 Å². The Morgan fingerprint density at radius 3 is 2.30 bits per heavy atom. The first-order chi connectivity index (χ1) is 4.59. The summed E-state index contributed by atoms with van der Waals surface area (Å²) in [5.41, 5.74) is 0. The van der Waals surface area contributed by atoms with Gasteiger partial charge < -0.3 is 4.90 Å². The van der Waals surface area contributed by atoms with E-state index in [-0.39, 0.29) is 11.9 Å². The normalized spacial score (nSPS) is 10.9. The highest BCUT2D eigenvalue weighted by atomic mass is 16.2. The van der Waals surface area contributed by atoms with Crippen LogP contribution in [0.3, 0.4) is 0 Å². The van der Waals surface area contributed by atoms with Crippen LogP contribution in [0.5, 0.6) is 0 Å². The van der Waals surface area contributed by atoms with E-state index in [1.165, 1.54) is 0 Å². The second kappa shape index (κ2) is 4.09. The van der Waals surface area contributed by atoms with Crippen LogP contribution in [0.25, 0.3) is 0 Å². The molecule has 0 N–H and O–H groups in total. The third-order valence-electron chi connectivity index (χ3n) is 1.43. The Balaban J connectivity index is 3.95. The maximum atomic E-state index is 11.0.